The van der Waals surface area contributed by atoms with E-state index in [0.717, 1.165) is 38.2 Å². The maximum Gasteiger partial charge on any atom is 0.131 e. The lowest BCUT2D eigenvalue weighted by Crippen LogP contribution is -2.22. The second kappa shape index (κ2) is 4.86. The Morgan fingerprint density at radius 2 is 2.23 bits per heavy atom. The van der Waals surface area contributed by atoms with Gasteiger partial charge in [-0.2, -0.15) is 11.8 Å². The summed E-state index contributed by atoms with van der Waals surface area (Å²) in [4.78, 5) is 5.46. The summed E-state index contributed by atoms with van der Waals surface area (Å²) in [6.45, 7) is 1.65. The molecule has 3 nitrogen and oxygen atoms in total. The Labute approximate surface area is 82.8 Å². The van der Waals surface area contributed by atoms with Crippen LogP contribution < -0.4 is 0 Å². The molecule has 0 N–H and O–H groups in total. The van der Waals surface area contributed by atoms with Crippen molar-refractivity contribution in [1.29, 1.82) is 0 Å². The Bertz CT molecular complexity index is 182. The van der Waals surface area contributed by atoms with E-state index in [9.17, 15) is 0 Å². The fraction of sp³-hybridized carbons (Fsp3) is 0.889. The van der Waals surface area contributed by atoms with Crippen LogP contribution in [0.4, 0.5) is 0 Å². The molecule has 0 atom stereocenters. The molecular weight excluding hydrogens is 186 g/mol. The monoisotopic (exact) mass is 201 g/mol. The summed E-state index contributed by atoms with van der Waals surface area (Å²) in [5, 5.41) is 4.19. The molecule has 2 aliphatic heterocycles. The van der Waals surface area contributed by atoms with Crippen molar-refractivity contribution in [3.05, 3.63) is 0 Å². The summed E-state index contributed by atoms with van der Waals surface area (Å²) < 4.78 is 5.24. The maximum atomic E-state index is 5.46. The first-order valence-electron chi connectivity index (χ1n) is 4.82. The lowest BCUT2D eigenvalue weighted by molar-refractivity contribution is -0.0301. The first-order valence-corrected chi connectivity index (χ1v) is 5.97. The Balaban J connectivity index is 1.73. The van der Waals surface area contributed by atoms with Crippen molar-refractivity contribution in [2.45, 2.75) is 25.4 Å². The van der Waals surface area contributed by atoms with Crippen LogP contribution in [0.3, 0.4) is 0 Å². The molecule has 0 bridgehead atoms. The topological polar surface area (TPSA) is 30.8 Å². The first kappa shape index (κ1) is 9.34. The normalized spacial score (nSPS) is 28.2. The van der Waals surface area contributed by atoms with Gasteiger partial charge >= 0.3 is 0 Å². The van der Waals surface area contributed by atoms with Gasteiger partial charge in [0.15, 0.2) is 0 Å². The summed E-state index contributed by atoms with van der Waals surface area (Å²) in [5.41, 5.74) is 1.22. The Morgan fingerprint density at radius 1 is 1.38 bits per heavy atom. The molecule has 0 aromatic rings. The van der Waals surface area contributed by atoms with E-state index in [4.69, 9.17) is 9.57 Å². The van der Waals surface area contributed by atoms with Crippen LogP contribution in [-0.4, -0.2) is 36.5 Å². The maximum absolute atomic E-state index is 5.46. The van der Waals surface area contributed by atoms with Crippen molar-refractivity contribution in [1.82, 2.24) is 0 Å². The van der Waals surface area contributed by atoms with Crippen molar-refractivity contribution >= 4 is 17.5 Å². The summed E-state index contributed by atoms with van der Waals surface area (Å²) in [7, 11) is 0. The molecule has 0 saturated carbocycles. The molecule has 2 fully saturated rings. The van der Waals surface area contributed by atoms with E-state index in [1.165, 1.54) is 11.5 Å². The Kier molecular flexibility index (Phi) is 3.49. The van der Waals surface area contributed by atoms with Crippen LogP contribution in [0.15, 0.2) is 5.16 Å². The van der Waals surface area contributed by atoms with Gasteiger partial charge in [-0.05, 0) is 12.2 Å². The molecule has 2 rings (SSSR count). The van der Waals surface area contributed by atoms with E-state index >= 15 is 0 Å². The predicted molar refractivity (Wildman–Crippen MR) is 54.3 cm³/mol. The second-order valence-corrected chi connectivity index (χ2v) is 4.48. The van der Waals surface area contributed by atoms with Crippen LogP contribution in [0.25, 0.3) is 0 Å². The van der Waals surface area contributed by atoms with E-state index in [-0.39, 0.29) is 0 Å². The molecule has 0 aliphatic carbocycles. The fourth-order valence-corrected chi connectivity index (χ4v) is 2.41. The van der Waals surface area contributed by atoms with Crippen LogP contribution in [-0.2, 0) is 9.57 Å². The fourth-order valence-electron chi connectivity index (χ4n) is 1.45. The third-order valence-corrected chi connectivity index (χ3v) is 3.33. The summed E-state index contributed by atoms with van der Waals surface area (Å²) in [5.74, 6) is 2.26. The van der Waals surface area contributed by atoms with E-state index in [1.807, 2.05) is 11.8 Å². The van der Waals surface area contributed by atoms with Gasteiger partial charge in [-0.1, -0.05) is 5.16 Å². The summed E-state index contributed by atoms with van der Waals surface area (Å²) >= 11 is 1.93. The van der Waals surface area contributed by atoms with Crippen LogP contribution >= 0.6 is 11.8 Å². The van der Waals surface area contributed by atoms with Gasteiger partial charge in [-0.3, -0.25) is 0 Å². The van der Waals surface area contributed by atoms with Gasteiger partial charge in [-0.15, -0.1) is 0 Å². The highest BCUT2D eigenvalue weighted by molar-refractivity contribution is 8.00. The molecule has 0 aromatic carbocycles. The average molecular weight is 201 g/mol. The third-order valence-electron chi connectivity index (χ3n) is 2.30. The highest BCUT2D eigenvalue weighted by Crippen LogP contribution is 2.16. The van der Waals surface area contributed by atoms with Gasteiger partial charge in [0.05, 0.1) is 18.9 Å². The zero-order valence-corrected chi connectivity index (χ0v) is 8.52. The van der Waals surface area contributed by atoms with Crippen molar-refractivity contribution in [2.24, 2.45) is 5.16 Å². The lowest BCUT2D eigenvalue weighted by Gasteiger charge is -2.19. The minimum absolute atomic E-state index is 0.298. The quantitative estimate of drug-likeness (QED) is 0.637. The van der Waals surface area contributed by atoms with Gasteiger partial charge < -0.3 is 9.57 Å². The highest BCUT2D eigenvalue weighted by atomic mass is 32.2. The largest absolute Gasteiger partial charge is 0.392 e. The van der Waals surface area contributed by atoms with Crippen molar-refractivity contribution in [2.75, 3.05) is 24.7 Å². The number of hydrogen-bond donors (Lipinski definition) is 0. The Morgan fingerprint density at radius 3 is 2.92 bits per heavy atom. The standard InChI is InChI=1S/C9H15NO2S/c1-4-11-5-2-9(1)12-10-8-3-6-13-7-8/h9H,1-7H2/b10-8+. The lowest BCUT2D eigenvalue weighted by atomic mass is 10.2. The van der Waals surface area contributed by atoms with Crippen LogP contribution in [0, 0.1) is 0 Å². The molecule has 0 spiro atoms. The van der Waals surface area contributed by atoms with Gasteiger partial charge in [0.1, 0.15) is 6.10 Å². The molecule has 2 saturated heterocycles. The van der Waals surface area contributed by atoms with Crippen molar-refractivity contribution in [3.8, 4) is 0 Å². The molecule has 2 heterocycles. The smallest absolute Gasteiger partial charge is 0.131 e. The number of rotatable bonds is 2. The molecule has 0 unspecified atom stereocenters. The third kappa shape index (κ3) is 2.88. The first-order chi connectivity index (χ1) is 6.45. The van der Waals surface area contributed by atoms with Crippen molar-refractivity contribution in [3.63, 3.8) is 0 Å². The number of ether oxygens (including phenoxy) is 1. The highest BCUT2D eigenvalue weighted by Gasteiger charge is 2.16. The van der Waals surface area contributed by atoms with Crippen LogP contribution in [0.1, 0.15) is 19.3 Å². The minimum Gasteiger partial charge on any atom is -0.392 e. The van der Waals surface area contributed by atoms with Gasteiger partial charge in [0.25, 0.3) is 0 Å². The van der Waals surface area contributed by atoms with E-state index in [0.29, 0.717) is 6.10 Å². The number of oxime groups is 1. The van der Waals surface area contributed by atoms with Gasteiger partial charge in [0.2, 0.25) is 0 Å². The zero-order chi connectivity index (χ0) is 8.93. The molecule has 13 heavy (non-hydrogen) atoms. The van der Waals surface area contributed by atoms with E-state index in [1.54, 1.807) is 0 Å². The molecular formula is C9H15NO2S. The van der Waals surface area contributed by atoms with E-state index < -0.39 is 0 Å². The minimum atomic E-state index is 0.298. The SMILES string of the molecule is C1CC(O/N=C2\CCSC2)CCO1. The Hall–Kier alpha value is -0.220. The molecule has 0 amide bonds. The molecule has 4 heteroatoms. The summed E-state index contributed by atoms with van der Waals surface area (Å²) in [6.07, 6.45) is 3.38. The molecule has 74 valence electrons. The van der Waals surface area contributed by atoms with Gasteiger partial charge in [-0.25, -0.2) is 0 Å². The molecule has 2 aliphatic rings. The zero-order valence-electron chi connectivity index (χ0n) is 7.70. The van der Waals surface area contributed by atoms with Gasteiger partial charge in [0, 0.05) is 18.6 Å². The van der Waals surface area contributed by atoms with Crippen LogP contribution in [0.5, 0.6) is 0 Å². The van der Waals surface area contributed by atoms with Crippen LogP contribution in [0.2, 0.25) is 0 Å². The second-order valence-electron chi connectivity index (χ2n) is 3.38. The number of thioether (sulfide) groups is 1. The van der Waals surface area contributed by atoms with E-state index in [2.05, 4.69) is 5.16 Å². The molecule has 0 radical (unpaired) electrons. The number of nitrogens with zero attached hydrogens (tertiary/aromatic N) is 1. The summed E-state index contributed by atoms with van der Waals surface area (Å²) in [6, 6.07) is 0. The number of hydrogen-bond acceptors (Lipinski definition) is 4. The molecule has 0 aromatic heterocycles. The average Bonchev–Trinajstić information content (AvgIpc) is 2.69. The predicted octanol–water partition coefficient (Wildman–Crippen LogP) is 1.67. The van der Waals surface area contributed by atoms with Crippen molar-refractivity contribution < 1.29 is 9.57 Å².